The number of piperidine rings is 1. The number of aliphatic hydroxyl groups excluding tert-OH is 1. The first kappa shape index (κ1) is 16.9. The van der Waals surface area contributed by atoms with Crippen molar-refractivity contribution in [3.63, 3.8) is 0 Å². The Labute approximate surface area is 146 Å². The van der Waals surface area contributed by atoms with Crippen LogP contribution in [0.4, 0.5) is 4.79 Å². The highest BCUT2D eigenvalue weighted by atomic mass is 32.1. The van der Waals surface area contributed by atoms with E-state index in [9.17, 15) is 9.90 Å². The molecule has 1 aromatic heterocycles. The van der Waals surface area contributed by atoms with Crippen molar-refractivity contribution in [1.82, 2.24) is 15.2 Å². The lowest BCUT2D eigenvalue weighted by Crippen LogP contribution is -2.46. The Balaban J connectivity index is 1.61. The molecule has 0 aliphatic carbocycles. The summed E-state index contributed by atoms with van der Waals surface area (Å²) in [5, 5.41) is 15.2. The molecule has 5 nitrogen and oxygen atoms in total. The zero-order chi connectivity index (χ0) is 16.9. The van der Waals surface area contributed by atoms with Crippen LogP contribution < -0.4 is 5.32 Å². The number of hydrogen-bond acceptors (Lipinski definition) is 4. The van der Waals surface area contributed by atoms with E-state index in [1.165, 1.54) is 0 Å². The Kier molecular flexibility index (Phi) is 5.48. The smallest absolute Gasteiger partial charge is 0.317 e. The van der Waals surface area contributed by atoms with Crippen LogP contribution in [0.1, 0.15) is 30.8 Å². The number of benzene rings is 1. The first-order chi connectivity index (χ1) is 11.7. The van der Waals surface area contributed by atoms with Gasteiger partial charge >= 0.3 is 6.03 Å². The number of carbonyl (C=O) groups excluding carboxylic acids is 1. The topological polar surface area (TPSA) is 65.5 Å². The third-order valence-corrected chi connectivity index (χ3v) is 5.39. The van der Waals surface area contributed by atoms with E-state index in [1.807, 2.05) is 42.6 Å². The van der Waals surface area contributed by atoms with Gasteiger partial charge in [-0.1, -0.05) is 30.3 Å². The number of nitrogens with one attached hydrogen (secondary N) is 1. The molecule has 1 fully saturated rings. The van der Waals surface area contributed by atoms with Gasteiger partial charge in [-0.3, -0.25) is 0 Å². The molecule has 3 rings (SSSR count). The third-order valence-electron chi connectivity index (χ3n) is 4.37. The maximum Gasteiger partial charge on any atom is 0.317 e. The highest BCUT2D eigenvalue weighted by Gasteiger charge is 2.24. The molecule has 6 heteroatoms. The van der Waals surface area contributed by atoms with Crippen molar-refractivity contribution in [2.24, 2.45) is 5.92 Å². The molecule has 0 spiro atoms. The van der Waals surface area contributed by atoms with Crippen LogP contribution in [0, 0.1) is 5.92 Å². The standard InChI is InChI=1S/C18H23N3O2S/c1-13(19-18(23)21-9-5-6-14(10-21)11-22)17-20-16(12-24-17)15-7-3-2-4-8-15/h2-4,7-8,12-14,22H,5-6,9-11H2,1H3,(H,19,23). The van der Waals surface area contributed by atoms with Crippen molar-refractivity contribution in [1.29, 1.82) is 0 Å². The van der Waals surface area contributed by atoms with Gasteiger partial charge in [0, 0.05) is 30.6 Å². The van der Waals surface area contributed by atoms with Gasteiger partial charge in [0.05, 0.1) is 11.7 Å². The monoisotopic (exact) mass is 345 g/mol. The van der Waals surface area contributed by atoms with Gasteiger partial charge in [0.15, 0.2) is 0 Å². The van der Waals surface area contributed by atoms with Crippen molar-refractivity contribution in [3.8, 4) is 11.3 Å². The molecule has 1 aliphatic rings. The predicted octanol–water partition coefficient (Wildman–Crippen LogP) is 3.29. The Bertz CT molecular complexity index is 674. The Morgan fingerprint density at radius 1 is 1.46 bits per heavy atom. The van der Waals surface area contributed by atoms with Gasteiger partial charge in [-0.05, 0) is 25.7 Å². The number of rotatable bonds is 4. The Hall–Kier alpha value is -1.92. The molecule has 2 amide bonds. The summed E-state index contributed by atoms with van der Waals surface area (Å²) in [7, 11) is 0. The fraction of sp³-hybridized carbons (Fsp3) is 0.444. The number of hydrogen-bond donors (Lipinski definition) is 2. The first-order valence-electron chi connectivity index (χ1n) is 8.34. The van der Waals surface area contributed by atoms with Gasteiger partial charge in [-0.2, -0.15) is 0 Å². The summed E-state index contributed by atoms with van der Waals surface area (Å²) in [4.78, 5) is 18.9. The lowest BCUT2D eigenvalue weighted by Gasteiger charge is -2.32. The van der Waals surface area contributed by atoms with Crippen LogP contribution in [0.5, 0.6) is 0 Å². The van der Waals surface area contributed by atoms with Crippen molar-refractivity contribution >= 4 is 17.4 Å². The minimum Gasteiger partial charge on any atom is -0.396 e. The summed E-state index contributed by atoms with van der Waals surface area (Å²) in [5.41, 5.74) is 2.02. The number of aliphatic hydroxyl groups is 1. The summed E-state index contributed by atoms with van der Waals surface area (Å²) in [6.07, 6.45) is 1.94. The molecule has 128 valence electrons. The first-order valence-corrected chi connectivity index (χ1v) is 9.22. The minimum absolute atomic E-state index is 0.0721. The average Bonchev–Trinajstić information content (AvgIpc) is 3.13. The number of aromatic nitrogens is 1. The van der Waals surface area contributed by atoms with Crippen molar-refractivity contribution in [3.05, 3.63) is 40.7 Å². The summed E-state index contributed by atoms with van der Waals surface area (Å²) >= 11 is 1.56. The van der Waals surface area contributed by atoms with Gasteiger partial charge < -0.3 is 15.3 Å². The van der Waals surface area contributed by atoms with E-state index in [1.54, 1.807) is 16.2 Å². The molecular formula is C18H23N3O2S. The van der Waals surface area contributed by atoms with Crippen molar-refractivity contribution in [2.45, 2.75) is 25.8 Å². The molecule has 1 aliphatic heterocycles. The maximum atomic E-state index is 12.4. The highest BCUT2D eigenvalue weighted by molar-refractivity contribution is 7.10. The summed E-state index contributed by atoms with van der Waals surface area (Å²) in [5.74, 6) is 0.198. The van der Waals surface area contributed by atoms with E-state index in [0.29, 0.717) is 6.54 Å². The molecular weight excluding hydrogens is 322 g/mol. The molecule has 24 heavy (non-hydrogen) atoms. The zero-order valence-electron chi connectivity index (χ0n) is 13.8. The molecule has 2 N–H and O–H groups in total. The molecule has 0 radical (unpaired) electrons. The van der Waals surface area contributed by atoms with Crippen LogP contribution in [0.2, 0.25) is 0 Å². The number of likely N-dealkylation sites (tertiary alicyclic amines) is 1. The number of amides is 2. The van der Waals surface area contributed by atoms with Crippen molar-refractivity contribution < 1.29 is 9.90 Å². The molecule has 0 bridgehead atoms. The summed E-state index contributed by atoms with van der Waals surface area (Å²) in [6, 6.07) is 9.83. The molecule has 1 saturated heterocycles. The summed E-state index contributed by atoms with van der Waals surface area (Å²) < 4.78 is 0. The van der Waals surface area contributed by atoms with E-state index >= 15 is 0 Å². The van der Waals surface area contributed by atoms with E-state index < -0.39 is 0 Å². The molecule has 1 aromatic carbocycles. The lowest BCUT2D eigenvalue weighted by atomic mass is 9.99. The van der Waals surface area contributed by atoms with E-state index in [-0.39, 0.29) is 24.6 Å². The van der Waals surface area contributed by atoms with E-state index in [0.717, 1.165) is 35.7 Å². The SMILES string of the molecule is CC(NC(=O)N1CCCC(CO)C1)c1nc(-c2ccccc2)cs1. The van der Waals surface area contributed by atoms with Gasteiger partial charge in [0.2, 0.25) is 0 Å². The second kappa shape index (κ2) is 7.77. The van der Waals surface area contributed by atoms with E-state index in [2.05, 4.69) is 10.3 Å². The van der Waals surface area contributed by atoms with Crippen LogP contribution in [0.25, 0.3) is 11.3 Å². The number of thiazole rings is 1. The Morgan fingerprint density at radius 2 is 2.25 bits per heavy atom. The van der Waals surface area contributed by atoms with Crippen LogP contribution in [-0.2, 0) is 0 Å². The zero-order valence-corrected chi connectivity index (χ0v) is 14.6. The fourth-order valence-electron chi connectivity index (χ4n) is 2.96. The molecule has 0 saturated carbocycles. The van der Waals surface area contributed by atoms with E-state index in [4.69, 9.17) is 0 Å². The van der Waals surface area contributed by atoms with Gasteiger partial charge in [-0.25, -0.2) is 9.78 Å². The number of urea groups is 1. The number of carbonyl (C=O) groups is 1. The fourth-order valence-corrected chi connectivity index (χ4v) is 3.80. The normalized spacial score (nSPS) is 19.1. The summed E-state index contributed by atoms with van der Waals surface area (Å²) in [6.45, 7) is 3.48. The predicted molar refractivity (Wildman–Crippen MR) is 95.9 cm³/mol. The Morgan fingerprint density at radius 3 is 3.00 bits per heavy atom. The highest BCUT2D eigenvalue weighted by Crippen LogP contribution is 2.25. The second-order valence-corrected chi connectivity index (χ2v) is 7.13. The van der Waals surface area contributed by atoms with Gasteiger partial charge in [0.25, 0.3) is 0 Å². The van der Waals surface area contributed by atoms with Gasteiger partial charge in [-0.15, -0.1) is 11.3 Å². The lowest BCUT2D eigenvalue weighted by molar-refractivity contribution is 0.128. The average molecular weight is 345 g/mol. The second-order valence-electron chi connectivity index (χ2n) is 6.25. The molecule has 2 heterocycles. The minimum atomic E-state index is -0.130. The van der Waals surface area contributed by atoms with Crippen LogP contribution >= 0.6 is 11.3 Å². The maximum absolute atomic E-state index is 12.4. The number of nitrogens with zero attached hydrogens (tertiary/aromatic N) is 2. The third kappa shape index (κ3) is 3.94. The van der Waals surface area contributed by atoms with Crippen LogP contribution in [0.3, 0.4) is 0 Å². The van der Waals surface area contributed by atoms with Crippen molar-refractivity contribution in [2.75, 3.05) is 19.7 Å². The quantitative estimate of drug-likeness (QED) is 0.894. The molecule has 2 unspecified atom stereocenters. The molecule has 2 aromatic rings. The van der Waals surface area contributed by atoms with Crippen LogP contribution in [-0.4, -0.2) is 40.7 Å². The molecule has 2 atom stereocenters. The van der Waals surface area contributed by atoms with Gasteiger partial charge in [0.1, 0.15) is 5.01 Å². The largest absolute Gasteiger partial charge is 0.396 e. The van der Waals surface area contributed by atoms with Crippen LogP contribution in [0.15, 0.2) is 35.7 Å².